The van der Waals surface area contributed by atoms with Crippen molar-refractivity contribution in [3.8, 4) is 11.5 Å². The average molecular weight is 593 g/mol. The maximum absolute atomic E-state index is 13.2. The summed E-state index contributed by atoms with van der Waals surface area (Å²) in [5.41, 5.74) is 18.2. The summed E-state index contributed by atoms with van der Waals surface area (Å²) in [4.78, 5) is 36.6. The van der Waals surface area contributed by atoms with Gasteiger partial charge >= 0.3 is 5.69 Å². The Bertz CT molecular complexity index is 1390. The lowest BCUT2D eigenvalue weighted by Crippen LogP contribution is -2.44. The van der Waals surface area contributed by atoms with E-state index in [1.807, 2.05) is 11.0 Å². The molecule has 2 fully saturated rings. The molecule has 0 unspecified atom stereocenters. The highest BCUT2D eigenvalue weighted by Gasteiger charge is 2.31. The number of amidine groups is 1. The first-order chi connectivity index (χ1) is 20.8. The van der Waals surface area contributed by atoms with Crippen molar-refractivity contribution in [1.82, 2.24) is 19.8 Å². The molecule has 2 aliphatic heterocycles. The Morgan fingerprint density at radius 2 is 1.84 bits per heavy atom. The first-order valence-corrected chi connectivity index (χ1v) is 15.4. The van der Waals surface area contributed by atoms with Crippen LogP contribution in [-0.4, -0.2) is 64.4 Å². The number of nitrogens with two attached hydrogens (primary N) is 3. The number of carbonyl (C=O) groups is 1. The zero-order valence-electron chi connectivity index (χ0n) is 24.7. The monoisotopic (exact) mass is 592 g/mol. The molecule has 1 amide bonds. The van der Waals surface area contributed by atoms with Gasteiger partial charge in [-0.1, -0.05) is 6.07 Å². The number of nitrogens with one attached hydrogen (secondary N) is 3. The number of guanidine groups is 1. The number of piperidine rings is 1. The van der Waals surface area contributed by atoms with Crippen molar-refractivity contribution >= 4 is 29.2 Å². The number of aliphatic imine (C=N–C) groups is 1. The van der Waals surface area contributed by atoms with Gasteiger partial charge in [0.2, 0.25) is 5.91 Å². The minimum atomic E-state index is -0.314. The lowest BCUT2D eigenvalue weighted by Gasteiger charge is -2.37. The third kappa shape index (κ3) is 7.64. The second-order valence-electron chi connectivity index (χ2n) is 11.7. The average Bonchev–Trinajstić information content (AvgIpc) is 3.00. The summed E-state index contributed by atoms with van der Waals surface area (Å²) < 4.78 is 7.90. The maximum Gasteiger partial charge on any atom is 0.350 e. The van der Waals surface area contributed by atoms with E-state index in [0.29, 0.717) is 30.5 Å². The molecule has 1 aromatic heterocycles. The molecule has 43 heavy (non-hydrogen) atoms. The highest BCUT2D eigenvalue weighted by molar-refractivity contribution is 5.79. The normalized spacial score (nSPS) is 19.7. The molecule has 2 aromatic rings. The van der Waals surface area contributed by atoms with E-state index in [2.05, 4.69) is 32.7 Å². The molecular formula is C30H44N10O3. The summed E-state index contributed by atoms with van der Waals surface area (Å²) in [7, 11) is 0. The van der Waals surface area contributed by atoms with Crippen LogP contribution in [0.4, 0.5) is 11.5 Å². The second kappa shape index (κ2) is 13.9. The number of carbonyl (C=O) groups excluding carboxylic acids is 1. The lowest BCUT2D eigenvalue weighted by molar-refractivity contribution is -0.134. The van der Waals surface area contributed by atoms with Gasteiger partial charge < -0.3 is 37.5 Å². The molecule has 0 bridgehead atoms. The van der Waals surface area contributed by atoms with Crippen LogP contribution in [0.25, 0.3) is 0 Å². The van der Waals surface area contributed by atoms with Crippen molar-refractivity contribution in [2.24, 2.45) is 22.2 Å². The Morgan fingerprint density at radius 1 is 1.07 bits per heavy atom. The standard InChI is InChI=1S/C30H44N10O3/c31-26(32)3-1-2-16-39(27(41)12-15-36-29(33)34)21-5-7-22(8-6-21)40-18-25-28(38-30(40)42)37-23-17-20(4-9-24(23)43-25)19-10-13-35-14-11-19/h4,9,17-19,21-22,35H,1-3,5-8,10-16H2,(H3,31,32)(H4,33,34,36)(H,37,38,42). The van der Waals surface area contributed by atoms with E-state index in [0.717, 1.165) is 75.9 Å². The Morgan fingerprint density at radius 3 is 2.56 bits per heavy atom. The summed E-state index contributed by atoms with van der Waals surface area (Å²) in [6, 6.07) is 6.27. The number of unbranched alkanes of at least 4 members (excludes halogenated alkanes) is 1. The molecule has 0 atom stereocenters. The SMILES string of the molecule is N=C(N)CCCCN(C(=O)CCN=C(N)N)C1CCC(n2cc3c(nc2=O)Nc2cc(C4CCNCC4)ccc2O3)CC1. The number of ether oxygens (including phenoxy) is 1. The fourth-order valence-corrected chi connectivity index (χ4v) is 6.45. The molecule has 232 valence electrons. The third-order valence-corrected chi connectivity index (χ3v) is 8.74. The molecule has 9 N–H and O–H groups in total. The fourth-order valence-electron chi connectivity index (χ4n) is 6.45. The smallest absolute Gasteiger partial charge is 0.350 e. The number of hydrogen-bond acceptors (Lipinski definition) is 8. The highest BCUT2D eigenvalue weighted by Crippen LogP contribution is 2.43. The fraction of sp³-hybridized carbons (Fsp3) is 0.567. The van der Waals surface area contributed by atoms with Crippen LogP contribution in [0.1, 0.15) is 81.7 Å². The van der Waals surface area contributed by atoms with Gasteiger partial charge in [0, 0.05) is 31.5 Å². The van der Waals surface area contributed by atoms with Gasteiger partial charge in [-0.2, -0.15) is 4.98 Å². The zero-order valence-corrected chi connectivity index (χ0v) is 24.7. The molecular weight excluding hydrogens is 548 g/mol. The van der Waals surface area contributed by atoms with Gasteiger partial charge in [-0.05, 0) is 88.1 Å². The van der Waals surface area contributed by atoms with Crippen LogP contribution < -0.4 is 38.3 Å². The molecule has 3 heterocycles. The van der Waals surface area contributed by atoms with Crippen LogP contribution in [0.5, 0.6) is 11.5 Å². The zero-order chi connectivity index (χ0) is 30.3. The summed E-state index contributed by atoms with van der Waals surface area (Å²) in [5, 5.41) is 14.2. The van der Waals surface area contributed by atoms with Crippen molar-refractivity contribution in [2.75, 3.05) is 31.5 Å². The maximum atomic E-state index is 13.2. The third-order valence-electron chi connectivity index (χ3n) is 8.74. The van der Waals surface area contributed by atoms with E-state index in [-0.39, 0.29) is 48.4 Å². The van der Waals surface area contributed by atoms with E-state index in [4.69, 9.17) is 27.3 Å². The number of fused-ring (bicyclic) bond motifs is 2. The second-order valence-corrected chi connectivity index (χ2v) is 11.7. The Kier molecular flexibility index (Phi) is 9.80. The van der Waals surface area contributed by atoms with Crippen molar-refractivity contribution in [2.45, 2.75) is 82.2 Å². The van der Waals surface area contributed by atoms with E-state index < -0.39 is 0 Å². The van der Waals surface area contributed by atoms with E-state index in [9.17, 15) is 9.59 Å². The minimum absolute atomic E-state index is 0.00494. The molecule has 1 aromatic carbocycles. The number of rotatable bonds is 11. The Balaban J connectivity index is 1.23. The van der Waals surface area contributed by atoms with Crippen molar-refractivity contribution in [1.29, 1.82) is 5.41 Å². The van der Waals surface area contributed by atoms with E-state index in [1.165, 1.54) is 5.56 Å². The molecule has 1 saturated heterocycles. The largest absolute Gasteiger partial charge is 0.450 e. The summed E-state index contributed by atoms with van der Waals surface area (Å²) in [6.07, 6.45) is 9.21. The highest BCUT2D eigenvalue weighted by atomic mass is 16.5. The van der Waals surface area contributed by atoms with E-state index in [1.54, 1.807) is 10.8 Å². The van der Waals surface area contributed by atoms with Gasteiger partial charge in [-0.3, -0.25) is 19.8 Å². The van der Waals surface area contributed by atoms with Crippen LogP contribution in [0.3, 0.4) is 0 Å². The lowest BCUT2D eigenvalue weighted by atomic mass is 9.89. The summed E-state index contributed by atoms with van der Waals surface area (Å²) in [6.45, 7) is 2.87. The predicted octanol–water partition coefficient (Wildman–Crippen LogP) is 2.64. The molecule has 13 nitrogen and oxygen atoms in total. The number of aromatic nitrogens is 2. The number of benzene rings is 1. The van der Waals surface area contributed by atoms with Crippen molar-refractivity contribution in [3.05, 3.63) is 40.4 Å². The van der Waals surface area contributed by atoms with Gasteiger partial charge in [0.15, 0.2) is 23.3 Å². The van der Waals surface area contributed by atoms with E-state index >= 15 is 0 Å². The summed E-state index contributed by atoms with van der Waals surface area (Å²) in [5.74, 6) is 2.33. The molecule has 13 heteroatoms. The molecule has 1 saturated carbocycles. The first kappa shape index (κ1) is 30.3. The quantitative estimate of drug-likeness (QED) is 0.110. The molecule has 3 aliphatic rings. The van der Waals surface area contributed by atoms with Crippen LogP contribution >= 0.6 is 0 Å². The van der Waals surface area contributed by atoms with Gasteiger partial charge in [0.25, 0.3) is 0 Å². The molecule has 0 spiro atoms. The molecule has 0 radical (unpaired) electrons. The Labute approximate surface area is 251 Å². The van der Waals surface area contributed by atoms with Crippen molar-refractivity contribution < 1.29 is 9.53 Å². The topological polar surface area (TPSA) is 203 Å². The number of anilines is 2. The number of nitrogens with zero attached hydrogens (tertiary/aromatic N) is 4. The summed E-state index contributed by atoms with van der Waals surface area (Å²) >= 11 is 0. The van der Waals surface area contributed by atoms with Gasteiger partial charge in [-0.15, -0.1) is 0 Å². The van der Waals surface area contributed by atoms with Crippen LogP contribution in [0.15, 0.2) is 34.2 Å². The van der Waals surface area contributed by atoms with Gasteiger partial charge in [0.1, 0.15) is 0 Å². The van der Waals surface area contributed by atoms with Gasteiger partial charge in [-0.25, -0.2) is 4.79 Å². The molecule has 1 aliphatic carbocycles. The van der Waals surface area contributed by atoms with Crippen LogP contribution in [0.2, 0.25) is 0 Å². The van der Waals surface area contributed by atoms with Gasteiger partial charge in [0.05, 0.1) is 24.3 Å². The number of amides is 1. The molecule has 5 rings (SSSR count). The first-order valence-electron chi connectivity index (χ1n) is 15.4. The van der Waals surface area contributed by atoms with Crippen LogP contribution in [0, 0.1) is 5.41 Å². The van der Waals surface area contributed by atoms with Crippen LogP contribution in [-0.2, 0) is 4.79 Å². The predicted molar refractivity (Wildman–Crippen MR) is 167 cm³/mol. The Hall–Kier alpha value is -4.13. The van der Waals surface area contributed by atoms with Crippen molar-refractivity contribution in [3.63, 3.8) is 0 Å². The number of hydrogen-bond donors (Lipinski definition) is 6. The minimum Gasteiger partial charge on any atom is -0.450 e.